The maximum atomic E-state index is 11.7. The van der Waals surface area contributed by atoms with Gasteiger partial charge in [-0.2, -0.15) is 0 Å². The first-order valence-electron chi connectivity index (χ1n) is 6.09. The van der Waals surface area contributed by atoms with Gasteiger partial charge in [0.1, 0.15) is 12.1 Å². The van der Waals surface area contributed by atoms with E-state index in [2.05, 4.69) is 10.2 Å². The van der Waals surface area contributed by atoms with E-state index < -0.39 is 56.9 Å². The Hall–Kier alpha value is -1.97. The second-order valence-corrected chi connectivity index (χ2v) is 5.50. The van der Waals surface area contributed by atoms with Crippen LogP contribution in [0.1, 0.15) is 25.7 Å². The molecule has 0 aromatic rings. The van der Waals surface area contributed by atoms with Crippen LogP contribution >= 0.6 is 8.10 Å². The lowest BCUT2D eigenvalue weighted by Gasteiger charge is -2.17. The summed E-state index contributed by atoms with van der Waals surface area (Å²) in [5.74, 6) is -5.33. The predicted molar refractivity (Wildman–Crippen MR) is 71.9 cm³/mol. The number of rotatable bonds is 12. The van der Waals surface area contributed by atoms with Crippen molar-refractivity contribution in [1.29, 1.82) is 0 Å². The van der Waals surface area contributed by atoms with Crippen molar-refractivity contribution in [2.24, 2.45) is 0 Å². The van der Waals surface area contributed by atoms with Gasteiger partial charge in [-0.25, -0.2) is 10.2 Å². The minimum atomic E-state index is -3.07. The third-order valence-electron chi connectivity index (χ3n) is 2.50. The molecule has 0 bridgehead atoms. The summed E-state index contributed by atoms with van der Waals surface area (Å²) in [6, 6.07) is -2.85. The zero-order valence-corrected chi connectivity index (χ0v) is 12.3. The van der Waals surface area contributed by atoms with Crippen LogP contribution in [0.25, 0.3) is 0 Å². The van der Waals surface area contributed by atoms with E-state index in [1.54, 1.807) is 0 Å². The van der Waals surface area contributed by atoms with Crippen molar-refractivity contribution in [2.45, 2.75) is 37.8 Å². The van der Waals surface area contributed by atoms with Crippen LogP contribution in [-0.2, 0) is 23.7 Å². The molecule has 126 valence electrons. The number of carbonyl (C=O) groups is 4. The van der Waals surface area contributed by atoms with Gasteiger partial charge in [0.25, 0.3) is 0 Å². The Bertz CT molecular complexity index is 427. The molecule has 0 aromatic heterocycles. The Balaban J connectivity index is 4.57. The van der Waals surface area contributed by atoms with Crippen LogP contribution in [0, 0.1) is 0 Å². The number of aliphatic carboxylic acids is 4. The van der Waals surface area contributed by atoms with Gasteiger partial charge in [0.05, 0.1) is 0 Å². The average molecular weight is 340 g/mol. The molecule has 2 atom stereocenters. The van der Waals surface area contributed by atoms with Gasteiger partial charge >= 0.3 is 23.9 Å². The van der Waals surface area contributed by atoms with Crippen molar-refractivity contribution >= 4 is 32.0 Å². The standard InChI is InChI=1S/C10H17N2O9P/c13-7(14)3-1-5(9(17)18)11-22(21)12-6(10(19)20)2-4-8(15)16/h5-6,22H,1-4H2,(H,13,14)(H,15,16)(H,17,18)(H,19,20)(H2,11,12,21)/t5-,6-/m0/s1. The van der Waals surface area contributed by atoms with Gasteiger partial charge in [0.2, 0.25) is 8.10 Å². The molecule has 0 rings (SSSR count). The van der Waals surface area contributed by atoms with Crippen molar-refractivity contribution in [1.82, 2.24) is 10.2 Å². The fraction of sp³-hybridized carbons (Fsp3) is 0.600. The summed E-state index contributed by atoms with van der Waals surface area (Å²) in [6.45, 7) is 0. The van der Waals surface area contributed by atoms with Crippen LogP contribution in [0.4, 0.5) is 0 Å². The normalized spacial score (nSPS) is 13.5. The first-order chi connectivity index (χ1) is 10.1. The molecule has 0 saturated carbocycles. The van der Waals surface area contributed by atoms with E-state index in [-0.39, 0.29) is 12.8 Å². The van der Waals surface area contributed by atoms with E-state index in [9.17, 15) is 23.7 Å². The molecule has 12 heteroatoms. The maximum absolute atomic E-state index is 11.7. The lowest BCUT2D eigenvalue weighted by Crippen LogP contribution is -2.39. The summed E-state index contributed by atoms with van der Waals surface area (Å²) in [7, 11) is -3.07. The van der Waals surface area contributed by atoms with Gasteiger partial charge in [-0.05, 0) is 12.8 Å². The van der Waals surface area contributed by atoms with Crippen molar-refractivity contribution < 1.29 is 44.2 Å². The molecule has 11 nitrogen and oxygen atoms in total. The minimum Gasteiger partial charge on any atom is -0.481 e. The second kappa shape index (κ2) is 9.87. The highest BCUT2D eigenvalue weighted by Gasteiger charge is 2.24. The van der Waals surface area contributed by atoms with Crippen LogP contribution < -0.4 is 10.2 Å². The van der Waals surface area contributed by atoms with Crippen LogP contribution in [0.5, 0.6) is 0 Å². The van der Waals surface area contributed by atoms with Crippen LogP contribution in [0.3, 0.4) is 0 Å². The summed E-state index contributed by atoms with van der Waals surface area (Å²) >= 11 is 0. The predicted octanol–water partition coefficient (Wildman–Crippen LogP) is -0.809. The zero-order chi connectivity index (χ0) is 17.3. The molecular formula is C10H17N2O9P. The number of nitrogens with one attached hydrogen (secondary N) is 2. The van der Waals surface area contributed by atoms with Crippen molar-refractivity contribution in [3.8, 4) is 0 Å². The third kappa shape index (κ3) is 9.06. The lowest BCUT2D eigenvalue weighted by molar-refractivity contribution is -0.141. The van der Waals surface area contributed by atoms with Gasteiger partial charge in [-0.3, -0.25) is 23.7 Å². The van der Waals surface area contributed by atoms with E-state index in [0.29, 0.717) is 0 Å². The largest absolute Gasteiger partial charge is 0.481 e. The Morgan fingerprint density at radius 1 is 0.773 bits per heavy atom. The molecule has 0 fully saturated rings. The van der Waals surface area contributed by atoms with Crippen LogP contribution in [0.2, 0.25) is 0 Å². The number of carboxylic acids is 4. The molecule has 0 heterocycles. The lowest BCUT2D eigenvalue weighted by atomic mass is 10.2. The van der Waals surface area contributed by atoms with Crippen molar-refractivity contribution in [3.05, 3.63) is 0 Å². The Labute approximate surface area is 125 Å². The number of carboxylic acid groups (broad SMARTS) is 4. The number of hydrogen-bond acceptors (Lipinski definition) is 5. The molecular weight excluding hydrogens is 323 g/mol. The van der Waals surface area contributed by atoms with Gasteiger partial charge in [0.15, 0.2) is 0 Å². The monoisotopic (exact) mass is 340 g/mol. The van der Waals surface area contributed by atoms with E-state index in [1.165, 1.54) is 0 Å². The molecule has 6 N–H and O–H groups in total. The smallest absolute Gasteiger partial charge is 0.321 e. The fourth-order valence-corrected chi connectivity index (χ4v) is 2.66. The first-order valence-corrected chi connectivity index (χ1v) is 7.50. The minimum absolute atomic E-state index is 0.338. The highest BCUT2D eigenvalue weighted by Crippen LogP contribution is 2.16. The molecule has 0 aliphatic heterocycles. The Morgan fingerprint density at radius 3 is 1.32 bits per heavy atom. The molecule has 0 radical (unpaired) electrons. The number of hydrogen-bond donors (Lipinski definition) is 6. The fourth-order valence-electron chi connectivity index (χ4n) is 1.41. The van der Waals surface area contributed by atoms with E-state index >= 15 is 0 Å². The van der Waals surface area contributed by atoms with Gasteiger partial charge < -0.3 is 20.4 Å². The van der Waals surface area contributed by atoms with E-state index in [1.807, 2.05) is 0 Å². The molecule has 0 aliphatic rings. The van der Waals surface area contributed by atoms with Gasteiger partial charge in [-0.1, -0.05) is 0 Å². The highest BCUT2D eigenvalue weighted by atomic mass is 31.1. The summed E-state index contributed by atoms with van der Waals surface area (Å²) < 4.78 is 11.7. The summed E-state index contributed by atoms with van der Waals surface area (Å²) in [4.78, 5) is 42.5. The zero-order valence-electron chi connectivity index (χ0n) is 11.3. The molecule has 0 spiro atoms. The SMILES string of the molecule is O=C(O)CC[C@H](N[PH](=O)N[C@@H](CCC(=O)O)C(=O)O)C(=O)O. The van der Waals surface area contributed by atoms with Crippen LogP contribution in [-0.4, -0.2) is 56.4 Å². The van der Waals surface area contributed by atoms with Gasteiger partial charge in [-0.15, -0.1) is 0 Å². The summed E-state index contributed by atoms with van der Waals surface area (Å²) in [5, 5.41) is 38.9. The Kier molecular flexibility index (Phi) is 8.99. The van der Waals surface area contributed by atoms with Crippen LogP contribution in [0.15, 0.2) is 0 Å². The molecule has 0 aromatic carbocycles. The second-order valence-electron chi connectivity index (χ2n) is 4.26. The molecule has 0 amide bonds. The topological polar surface area (TPSA) is 190 Å². The summed E-state index contributed by atoms with van der Waals surface area (Å²) in [5.41, 5.74) is 0. The Morgan fingerprint density at radius 2 is 1.09 bits per heavy atom. The summed E-state index contributed by atoms with van der Waals surface area (Å²) in [6.07, 6.45) is -1.62. The van der Waals surface area contributed by atoms with Crippen molar-refractivity contribution in [3.63, 3.8) is 0 Å². The quantitative estimate of drug-likeness (QED) is 0.243. The molecule has 22 heavy (non-hydrogen) atoms. The van der Waals surface area contributed by atoms with Gasteiger partial charge in [0, 0.05) is 12.8 Å². The van der Waals surface area contributed by atoms with E-state index in [0.717, 1.165) is 0 Å². The third-order valence-corrected chi connectivity index (χ3v) is 3.72. The molecule has 0 aliphatic carbocycles. The highest BCUT2D eigenvalue weighted by molar-refractivity contribution is 7.40. The first kappa shape index (κ1) is 20.0. The molecule has 0 unspecified atom stereocenters. The molecule has 0 saturated heterocycles. The van der Waals surface area contributed by atoms with Crippen molar-refractivity contribution in [2.75, 3.05) is 0 Å². The maximum Gasteiger partial charge on any atom is 0.321 e. The average Bonchev–Trinajstić information content (AvgIpc) is 2.38. The van der Waals surface area contributed by atoms with E-state index in [4.69, 9.17) is 20.4 Å².